The number of aryl methyl sites for hydroxylation is 1. The zero-order chi connectivity index (χ0) is 12.4. The van der Waals surface area contributed by atoms with Crippen LogP contribution in [0.1, 0.15) is 22.8 Å². The summed E-state index contributed by atoms with van der Waals surface area (Å²) in [6, 6.07) is 7.82. The Bertz CT molecular complexity index is 542. The number of amides is 1. The van der Waals surface area contributed by atoms with Crippen molar-refractivity contribution in [1.82, 2.24) is 9.78 Å². The van der Waals surface area contributed by atoms with E-state index in [2.05, 4.69) is 12.0 Å². The molecule has 0 fully saturated rings. The lowest BCUT2D eigenvalue weighted by molar-refractivity contribution is 0.100. The van der Waals surface area contributed by atoms with E-state index in [4.69, 9.17) is 11.5 Å². The molecule has 1 amide bonds. The van der Waals surface area contributed by atoms with Crippen molar-refractivity contribution in [3.05, 3.63) is 41.6 Å². The van der Waals surface area contributed by atoms with Crippen LogP contribution in [-0.2, 0) is 6.42 Å². The highest BCUT2D eigenvalue weighted by atomic mass is 16.1. The Labute approximate surface area is 99.0 Å². The van der Waals surface area contributed by atoms with E-state index in [0.29, 0.717) is 0 Å². The first-order chi connectivity index (χ1) is 8.13. The van der Waals surface area contributed by atoms with Crippen molar-refractivity contribution in [2.45, 2.75) is 13.3 Å². The van der Waals surface area contributed by atoms with E-state index in [1.807, 2.05) is 24.3 Å². The molecule has 2 aromatic rings. The first-order valence-electron chi connectivity index (χ1n) is 5.36. The molecule has 1 aromatic carbocycles. The Hall–Kier alpha value is -2.30. The molecule has 0 atom stereocenters. The van der Waals surface area contributed by atoms with Crippen molar-refractivity contribution in [3.63, 3.8) is 0 Å². The van der Waals surface area contributed by atoms with Crippen LogP contribution < -0.4 is 11.5 Å². The SMILES string of the molecule is CCc1ccc(-n2ncc(C(N)=O)c2N)cc1. The van der Waals surface area contributed by atoms with Gasteiger partial charge in [0.25, 0.3) is 5.91 Å². The highest BCUT2D eigenvalue weighted by Crippen LogP contribution is 2.17. The number of nitrogens with two attached hydrogens (primary N) is 2. The van der Waals surface area contributed by atoms with E-state index in [-0.39, 0.29) is 11.4 Å². The topological polar surface area (TPSA) is 86.9 Å². The van der Waals surface area contributed by atoms with Crippen molar-refractivity contribution in [2.75, 3.05) is 5.73 Å². The van der Waals surface area contributed by atoms with Crippen LogP contribution in [0.15, 0.2) is 30.5 Å². The summed E-state index contributed by atoms with van der Waals surface area (Å²) in [6.45, 7) is 2.09. The molecule has 1 heterocycles. The van der Waals surface area contributed by atoms with Crippen molar-refractivity contribution < 1.29 is 4.79 Å². The van der Waals surface area contributed by atoms with Crippen LogP contribution in [0.25, 0.3) is 5.69 Å². The maximum absolute atomic E-state index is 11.1. The molecular formula is C12H14N4O. The molecule has 0 aliphatic rings. The fourth-order valence-electron chi connectivity index (χ4n) is 1.63. The molecule has 88 valence electrons. The van der Waals surface area contributed by atoms with E-state index in [0.717, 1.165) is 12.1 Å². The summed E-state index contributed by atoms with van der Waals surface area (Å²) in [5.41, 5.74) is 13.3. The second-order valence-corrected chi connectivity index (χ2v) is 3.74. The molecule has 0 aliphatic carbocycles. The van der Waals surface area contributed by atoms with Crippen LogP contribution in [0, 0.1) is 0 Å². The molecule has 0 spiro atoms. The third-order valence-corrected chi connectivity index (χ3v) is 2.66. The Balaban J connectivity index is 2.42. The van der Waals surface area contributed by atoms with Crippen LogP contribution in [0.2, 0.25) is 0 Å². The van der Waals surface area contributed by atoms with Gasteiger partial charge in [0.05, 0.1) is 11.9 Å². The number of carbonyl (C=O) groups excluding carboxylic acids is 1. The van der Waals surface area contributed by atoms with Crippen LogP contribution in [0.4, 0.5) is 5.82 Å². The Kier molecular flexibility index (Phi) is 2.82. The summed E-state index contributed by atoms with van der Waals surface area (Å²) < 4.78 is 1.50. The molecule has 0 saturated heterocycles. The normalized spacial score (nSPS) is 10.4. The van der Waals surface area contributed by atoms with E-state index in [9.17, 15) is 4.79 Å². The lowest BCUT2D eigenvalue weighted by atomic mass is 10.1. The second-order valence-electron chi connectivity index (χ2n) is 3.74. The number of nitrogens with zero attached hydrogens (tertiary/aromatic N) is 2. The first-order valence-corrected chi connectivity index (χ1v) is 5.36. The smallest absolute Gasteiger partial charge is 0.254 e. The molecule has 5 nitrogen and oxygen atoms in total. The second kappa shape index (κ2) is 4.29. The number of benzene rings is 1. The summed E-state index contributed by atoms with van der Waals surface area (Å²) in [4.78, 5) is 11.1. The zero-order valence-corrected chi connectivity index (χ0v) is 9.55. The van der Waals surface area contributed by atoms with Gasteiger partial charge in [-0.3, -0.25) is 4.79 Å². The number of aromatic nitrogens is 2. The van der Waals surface area contributed by atoms with Gasteiger partial charge in [-0.25, -0.2) is 4.68 Å². The predicted molar refractivity (Wildman–Crippen MR) is 65.9 cm³/mol. The fraction of sp³-hybridized carbons (Fsp3) is 0.167. The molecule has 0 aliphatic heterocycles. The molecule has 2 rings (SSSR count). The van der Waals surface area contributed by atoms with Crippen LogP contribution in [0.5, 0.6) is 0 Å². The number of rotatable bonds is 3. The minimum atomic E-state index is -0.570. The molecule has 0 bridgehead atoms. The van der Waals surface area contributed by atoms with Gasteiger partial charge in [-0.2, -0.15) is 5.10 Å². The van der Waals surface area contributed by atoms with E-state index in [1.165, 1.54) is 16.4 Å². The van der Waals surface area contributed by atoms with Crippen molar-refractivity contribution in [1.29, 1.82) is 0 Å². The molecular weight excluding hydrogens is 216 g/mol. The Morgan fingerprint density at radius 1 is 1.35 bits per heavy atom. The summed E-state index contributed by atoms with van der Waals surface area (Å²) in [5.74, 6) is -0.305. The van der Waals surface area contributed by atoms with E-state index < -0.39 is 5.91 Å². The third kappa shape index (κ3) is 1.99. The van der Waals surface area contributed by atoms with Gasteiger partial charge < -0.3 is 11.5 Å². The molecule has 1 aromatic heterocycles. The van der Waals surface area contributed by atoms with Gasteiger partial charge in [0, 0.05) is 0 Å². The summed E-state index contributed by atoms with van der Waals surface area (Å²) in [7, 11) is 0. The fourth-order valence-corrected chi connectivity index (χ4v) is 1.63. The molecule has 17 heavy (non-hydrogen) atoms. The maximum Gasteiger partial charge on any atom is 0.254 e. The summed E-state index contributed by atoms with van der Waals surface area (Å²) in [5, 5.41) is 4.05. The largest absolute Gasteiger partial charge is 0.383 e. The van der Waals surface area contributed by atoms with Gasteiger partial charge in [0.15, 0.2) is 0 Å². The van der Waals surface area contributed by atoms with Gasteiger partial charge in [0.1, 0.15) is 11.4 Å². The minimum Gasteiger partial charge on any atom is -0.383 e. The third-order valence-electron chi connectivity index (χ3n) is 2.66. The van der Waals surface area contributed by atoms with E-state index >= 15 is 0 Å². The lowest BCUT2D eigenvalue weighted by Gasteiger charge is -2.05. The number of hydrogen-bond donors (Lipinski definition) is 2. The van der Waals surface area contributed by atoms with Crippen LogP contribution >= 0.6 is 0 Å². The van der Waals surface area contributed by atoms with Gasteiger partial charge in [-0.1, -0.05) is 19.1 Å². The quantitative estimate of drug-likeness (QED) is 0.828. The molecule has 4 N–H and O–H groups in total. The maximum atomic E-state index is 11.1. The first kappa shape index (κ1) is 11.2. The van der Waals surface area contributed by atoms with Crippen molar-refractivity contribution in [2.24, 2.45) is 5.73 Å². The average molecular weight is 230 g/mol. The molecule has 5 heteroatoms. The number of anilines is 1. The number of carbonyl (C=O) groups is 1. The van der Waals surface area contributed by atoms with Gasteiger partial charge in [0.2, 0.25) is 0 Å². The van der Waals surface area contributed by atoms with Crippen molar-refractivity contribution in [3.8, 4) is 5.69 Å². The standard InChI is InChI=1S/C12H14N4O/c1-2-8-3-5-9(6-4-8)16-11(13)10(7-15-16)12(14)17/h3-7H,2,13H2,1H3,(H2,14,17). The highest BCUT2D eigenvalue weighted by molar-refractivity contribution is 5.97. The van der Waals surface area contributed by atoms with Crippen LogP contribution in [-0.4, -0.2) is 15.7 Å². The van der Waals surface area contributed by atoms with Crippen LogP contribution in [0.3, 0.4) is 0 Å². The van der Waals surface area contributed by atoms with Gasteiger partial charge >= 0.3 is 0 Å². The number of hydrogen-bond acceptors (Lipinski definition) is 3. The predicted octanol–water partition coefficient (Wildman–Crippen LogP) is 1.12. The van der Waals surface area contributed by atoms with Gasteiger partial charge in [-0.15, -0.1) is 0 Å². The Morgan fingerprint density at radius 2 is 2.00 bits per heavy atom. The Morgan fingerprint density at radius 3 is 2.47 bits per heavy atom. The molecule has 0 unspecified atom stereocenters. The zero-order valence-electron chi connectivity index (χ0n) is 9.55. The number of nitrogen functional groups attached to an aromatic ring is 1. The van der Waals surface area contributed by atoms with Crippen molar-refractivity contribution >= 4 is 11.7 Å². The summed E-state index contributed by atoms with van der Waals surface area (Å²) >= 11 is 0. The average Bonchev–Trinajstić information content (AvgIpc) is 2.71. The summed E-state index contributed by atoms with van der Waals surface area (Å²) in [6.07, 6.45) is 2.35. The van der Waals surface area contributed by atoms with E-state index in [1.54, 1.807) is 0 Å². The number of primary amides is 1. The highest BCUT2D eigenvalue weighted by Gasteiger charge is 2.12. The van der Waals surface area contributed by atoms with Gasteiger partial charge in [-0.05, 0) is 24.1 Å². The monoisotopic (exact) mass is 230 g/mol. The minimum absolute atomic E-state index is 0.240. The lowest BCUT2D eigenvalue weighted by Crippen LogP contribution is -2.13. The molecule has 0 radical (unpaired) electrons. The molecule has 0 saturated carbocycles.